The summed E-state index contributed by atoms with van der Waals surface area (Å²) in [5.41, 5.74) is 1.29. The number of aliphatic hydroxyl groups is 1. The summed E-state index contributed by atoms with van der Waals surface area (Å²) in [5.74, 6) is -0.456. The van der Waals surface area contributed by atoms with Gasteiger partial charge in [-0.05, 0) is 75.7 Å². The molecule has 1 aliphatic rings. The molecule has 3 aromatic rings. The number of esters is 1. The van der Waals surface area contributed by atoms with Gasteiger partial charge in [0.25, 0.3) is 0 Å². The number of halogens is 2. The molecule has 1 aromatic heterocycles. The number of piperazine rings is 1. The largest absolute Gasteiger partial charge is 0.456 e. The Morgan fingerprint density at radius 3 is 2.38 bits per heavy atom. The summed E-state index contributed by atoms with van der Waals surface area (Å²) in [6.07, 6.45) is 1.44. The van der Waals surface area contributed by atoms with E-state index < -0.39 is 17.2 Å². The van der Waals surface area contributed by atoms with Crippen molar-refractivity contribution >= 4 is 34.9 Å². The van der Waals surface area contributed by atoms with E-state index in [0.29, 0.717) is 53.0 Å². The third-order valence-corrected chi connectivity index (χ3v) is 7.08. The fourth-order valence-electron chi connectivity index (χ4n) is 4.78. The van der Waals surface area contributed by atoms with Gasteiger partial charge in [0.1, 0.15) is 17.3 Å². The number of β-amino-alcohol motifs (C(OH)–C–C–N with tert-alkyl or cyclic N) is 1. The highest BCUT2D eigenvalue weighted by molar-refractivity contribution is 6.31. The lowest BCUT2D eigenvalue weighted by Crippen LogP contribution is -2.52. The number of nitriles is 1. The molecular formula is C30H32Cl2N4O3. The van der Waals surface area contributed by atoms with Gasteiger partial charge in [0.2, 0.25) is 0 Å². The highest BCUT2D eigenvalue weighted by Crippen LogP contribution is 2.35. The van der Waals surface area contributed by atoms with E-state index in [1.165, 1.54) is 6.20 Å². The smallest absolute Gasteiger partial charge is 0.340 e. The van der Waals surface area contributed by atoms with Gasteiger partial charge in [0, 0.05) is 42.4 Å². The SMILES string of the molecule is CC(C)(C)OC(=O)c1ccc([C@](C)(O)CN2CCN(c3ccc(Cl)cc3C#N)[C@H](c3ccc(Cl)cc3)C2)nc1. The van der Waals surface area contributed by atoms with Gasteiger partial charge in [-0.25, -0.2) is 4.79 Å². The Morgan fingerprint density at radius 2 is 1.77 bits per heavy atom. The molecule has 0 spiro atoms. The summed E-state index contributed by atoms with van der Waals surface area (Å²) < 4.78 is 5.41. The maximum atomic E-state index is 12.4. The maximum absolute atomic E-state index is 12.4. The molecule has 0 bridgehead atoms. The Hall–Kier alpha value is -3.15. The first kappa shape index (κ1) is 28.8. The van der Waals surface area contributed by atoms with Gasteiger partial charge < -0.3 is 14.7 Å². The average Bonchev–Trinajstić information content (AvgIpc) is 2.88. The molecule has 0 aliphatic carbocycles. The number of anilines is 1. The van der Waals surface area contributed by atoms with Crippen molar-refractivity contribution in [2.75, 3.05) is 31.1 Å². The first-order valence-corrected chi connectivity index (χ1v) is 13.5. The van der Waals surface area contributed by atoms with Crippen molar-refractivity contribution in [3.8, 4) is 6.07 Å². The zero-order valence-electron chi connectivity index (χ0n) is 22.5. The molecule has 0 amide bonds. The van der Waals surface area contributed by atoms with E-state index >= 15 is 0 Å². The molecule has 204 valence electrons. The normalized spacial score (nSPS) is 17.8. The van der Waals surface area contributed by atoms with E-state index in [1.54, 1.807) is 31.2 Å². The van der Waals surface area contributed by atoms with Crippen molar-refractivity contribution in [1.29, 1.82) is 5.26 Å². The van der Waals surface area contributed by atoms with Crippen molar-refractivity contribution in [3.05, 3.63) is 93.2 Å². The third kappa shape index (κ3) is 7.09. The number of benzene rings is 2. The summed E-state index contributed by atoms with van der Waals surface area (Å²) in [6.45, 7) is 9.36. The quantitative estimate of drug-likeness (QED) is 0.366. The van der Waals surface area contributed by atoms with Crippen LogP contribution in [0.25, 0.3) is 0 Å². The first-order valence-electron chi connectivity index (χ1n) is 12.7. The summed E-state index contributed by atoms with van der Waals surface area (Å²) in [6, 6.07) is 18.5. The Morgan fingerprint density at radius 1 is 1.08 bits per heavy atom. The molecule has 39 heavy (non-hydrogen) atoms. The molecule has 1 N–H and O–H groups in total. The van der Waals surface area contributed by atoms with Crippen molar-refractivity contribution in [3.63, 3.8) is 0 Å². The van der Waals surface area contributed by atoms with E-state index in [-0.39, 0.29) is 6.04 Å². The van der Waals surface area contributed by atoms with Gasteiger partial charge in [0.15, 0.2) is 0 Å². The zero-order valence-corrected chi connectivity index (χ0v) is 24.0. The fraction of sp³-hybridized carbons (Fsp3) is 0.367. The van der Waals surface area contributed by atoms with Crippen LogP contribution in [-0.4, -0.2) is 52.7 Å². The molecule has 0 radical (unpaired) electrons. The minimum Gasteiger partial charge on any atom is -0.456 e. The van der Waals surface area contributed by atoms with Crippen LogP contribution in [0.1, 0.15) is 60.9 Å². The lowest BCUT2D eigenvalue weighted by Gasteiger charge is -2.45. The van der Waals surface area contributed by atoms with Crippen LogP contribution >= 0.6 is 23.2 Å². The zero-order chi connectivity index (χ0) is 28.4. The van der Waals surface area contributed by atoms with Crippen molar-refractivity contribution in [2.24, 2.45) is 0 Å². The Balaban J connectivity index is 1.56. The van der Waals surface area contributed by atoms with E-state index in [2.05, 4.69) is 20.9 Å². The Bertz CT molecular complexity index is 1360. The molecule has 1 fully saturated rings. The van der Waals surface area contributed by atoms with Crippen LogP contribution < -0.4 is 4.90 Å². The van der Waals surface area contributed by atoms with Crippen LogP contribution in [0.3, 0.4) is 0 Å². The van der Waals surface area contributed by atoms with Crippen molar-refractivity contribution in [2.45, 2.75) is 44.9 Å². The van der Waals surface area contributed by atoms with Crippen LogP contribution in [-0.2, 0) is 10.3 Å². The minimum absolute atomic E-state index is 0.0948. The lowest BCUT2D eigenvalue weighted by molar-refractivity contribution is 0.00459. The molecule has 4 rings (SSSR count). The second-order valence-corrected chi connectivity index (χ2v) is 11.8. The number of carbonyl (C=O) groups is 1. The summed E-state index contributed by atoms with van der Waals surface area (Å²) >= 11 is 12.3. The molecule has 0 saturated carbocycles. The van der Waals surface area contributed by atoms with E-state index in [1.807, 2.05) is 51.1 Å². The molecule has 2 atom stereocenters. The van der Waals surface area contributed by atoms with Crippen LogP contribution in [0, 0.1) is 11.3 Å². The average molecular weight is 568 g/mol. The van der Waals surface area contributed by atoms with Crippen LogP contribution in [0.2, 0.25) is 10.0 Å². The fourth-order valence-corrected chi connectivity index (χ4v) is 5.07. The monoisotopic (exact) mass is 566 g/mol. The standard InChI is InChI=1S/C30H32Cl2N4O3/c1-29(2,3)39-28(37)21-7-12-27(34-17-21)30(4,38)19-35-13-14-36(25-11-10-24(32)15-22(25)16-33)26(18-35)20-5-8-23(31)9-6-20/h5-12,15,17,26,38H,13-14,18-19H2,1-4H3/t26-,30+/m0/s1. The molecular weight excluding hydrogens is 535 g/mol. The molecule has 0 unspecified atom stereocenters. The van der Waals surface area contributed by atoms with E-state index in [9.17, 15) is 15.2 Å². The predicted octanol–water partition coefficient (Wildman–Crippen LogP) is 5.99. The number of hydrogen-bond acceptors (Lipinski definition) is 7. The second kappa shape index (κ2) is 11.5. The Labute approximate surface area is 239 Å². The molecule has 2 heterocycles. The first-order chi connectivity index (χ1) is 18.4. The molecule has 1 saturated heterocycles. The third-order valence-electron chi connectivity index (χ3n) is 6.59. The summed E-state index contributed by atoms with van der Waals surface area (Å²) in [4.78, 5) is 21.2. The minimum atomic E-state index is -1.27. The van der Waals surface area contributed by atoms with Crippen LogP contribution in [0.15, 0.2) is 60.8 Å². The second-order valence-electron chi connectivity index (χ2n) is 11.0. The van der Waals surface area contributed by atoms with Gasteiger partial charge in [-0.2, -0.15) is 5.26 Å². The molecule has 9 heteroatoms. The van der Waals surface area contributed by atoms with Crippen LogP contribution in [0.4, 0.5) is 5.69 Å². The van der Waals surface area contributed by atoms with Crippen LogP contribution in [0.5, 0.6) is 0 Å². The van der Waals surface area contributed by atoms with E-state index in [4.69, 9.17) is 27.9 Å². The number of aromatic nitrogens is 1. The van der Waals surface area contributed by atoms with E-state index in [0.717, 1.165) is 11.3 Å². The van der Waals surface area contributed by atoms with Crippen molar-refractivity contribution < 1.29 is 14.6 Å². The number of pyridine rings is 1. The van der Waals surface area contributed by atoms with Gasteiger partial charge in [-0.15, -0.1) is 0 Å². The highest BCUT2D eigenvalue weighted by atomic mass is 35.5. The highest BCUT2D eigenvalue weighted by Gasteiger charge is 2.35. The summed E-state index contributed by atoms with van der Waals surface area (Å²) in [7, 11) is 0. The number of hydrogen-bond donors (Lipinski definition) is 1. The Kier molecular flexibility index (Phi) is 8.53. The topological polar surface area (TPSA) is 89.7 Å². The maximum Gasteiger partial charge on any atom is 0.340 e. The molecule has 2 aromatic carbocycles. The molecule has 1 aliphatic heterocycles. The van der Waals surface area contributed by atoms with Gasteiger partial charge >= 0.3 is 5.97 Å². The number of nitrogens with zero attached hydrogens (tertiary/aromatic N) is 4. The molecule has 7 nitrogen and oxygen atoms in total. The van der Waals surface area contributed by atoms with Gasteiger partial charge in [-0.3, -0.25) is 9.88 Å². The summed E-state index contributed by atoms with van der Waals surface area (Å²) in [5, 5.41) is 22.4. The predicted molar refractivity (Wildman–Crippen MR) is 153 cm³/mol. The number of rotatable bonds is 6. The van der Waals surface area contributed by atoms with Gasteiger partial charge in [-0.1, -0.05) is 35.3 Å². The van der Waals surface area contributed by atoms with Crippen molar-refractivity contribution in [1.82, 2.24) is 9.88 Å². The number of carbonyl (C=O) groups excluding carboxylic acids is 1. The lowest BCUT2D eigenvalue weighted by atomic mass is 9.96. The number of ether oxygens (including phenoxy) is 1. The van der Waals surface area contributed by atoms with Gasteiger partial charge in [0.05, 0.1) is 28.6 Å².